The summed E-state index contributed by atoms with van der Waals surface area (Å²) in [5.41, 5.74) is -2.22. The van der Waals surface area contributed by atoms with Gasteiger partial charge in [-0.2, -0.15) is 26.3 Å². The van der Waals surface area contributed by atoms with Gasteiger partial charge in [0.1, 0.15) is 0 Å². The second-order valence-corrected chi connectivity index (χ2v) is 8.39. The van der Waals surface area contributed by atoms with E-state index in [4.69, 9.17) is 9.47 Å². The molecule has 0 aromatic heterocycles. The molecule has 1 heterocycles. The summed E-state index contributed by atoms with van der Waals surface area (Å²) in [4.78, 5) is 13.5. The number of ether oxygens (including phenoxy) is 3. The first kappa shape index (κ1) is 27.9. The van der Waals surface area contributed by atoms with Crippen molar-refractivity contribution in [2.75, 3.05) is 26.8 Å². The van der Waals surface area contributed by atoms with Crippen LogP contribution >= 0.6 is 0 Å². The first-order valence-corrected chi connectivity index (χ1v) is 11.4. The number of benzene rings is 2. The van der Waals surface area contributed by atoms with Crippen molar-refractivity contribution in [2.24, 2.45) is 0 Å². The first-order valence-electron chi connectivity index (χ1n) is 11.4. The van der Waals surface area contributed by atoms with E-state index < -0.39 is 42.4 Å². The lowest BCUT2D eigenvalue weighted by atomic mass is 10.0. The molecule has 0 N–H and O–H groups in total. The van der Waals surface area contributed by atoms with Gasteiger partial charge in [0.15, 0.2) is 6.29 Å². The fourth-order valence-corrected chi connectivity index (χ4v) is 4.06. The van der Waals surface area contributed by atoms with Crippen LogP contribution in [-0.2, 0) is 38.0 Å². The molecule has 1 aliphatic rings. The normalized spacial score (nSPS) is 19.3. The number of unbranched alkanes of at least 4 members (excludes halogenated alkanes) is 1. The van der Waals surface area contributed by atoms with Crippen molar-refractivity contribution in [3.05, 3.63) is 70.8 Å². The number of methoxy groups -OCH3 is 1. The third-order valence-electron chi connectivity index (χ3n) is 5.82. The molecule has 0 saturated carbocycles. The summed E-state index contributed by atoms with van der Waals surface area (Å²) >= 11 is 0. The fourth-order valence-electron chi connectivity index (χ4n) is 4.06. The number of morpholine rings is 1. The SMILES string of the molecule is COC(=O)CCCCN1CCOC(OCc2cc(C(F)(F)F)cc(C(F)(F)F)c2)C1c1ccccc1. The first-order chi connectivity index (χ1) is 17.0. The minimum atomic E-state index is -4.94. The van der Waals surface area contributed by atoms with Crippen LogP contribution in [0.15, 0.2) is 48.5 Å². The summed E-state index contributed by atoms with van der Waals surface area (Å²) in [6.07, 6.45) is -9.26. The van der Waals surface area contributed by atoms with Crippen molar-refractivity contribution < 1.29 is 45.3 Å². The van der Waals surface area contributed by atoms with Crippen LogP contribution in [-0.4, -0.2) is 44.0 Å². The zero-order valence-corrected chi connectivity index (χ0v) is 19.6. The molecule has 0 radical (unpaired) electrons. The molecule has 2 aromatic carbocycles. The molecule has 1 saturated heterocycles. The van der Waals surface area contributed by atoms with E-state index in [0.29, 0.717) is 38.1 Å². The Morgan fingerprint density at radius 2 is 1.64 bits per heavy atom. The van der Waals surface area contributed by atoms with Crippen LogP contribution in [0.5, 0.6) is 0 Å². The van der Waals surface area contributed by atoms with Crippen LogP contribution in [0.2, 0.25) is 0 Å². The Labute approximate surface area is 204 Å². The molecule has 0 bridgehead atoms. The number of carbonyl (C=O) groups is 1. The van der Waals surface area contributed by atoms with Gasteiger partial charge in [0, 0.05) is 13.0 Å². The molecule has 2 atom stereocenters. The number of rotatable bonds is 9. The molecule has 0 aliphatic carbocycles. The maximum absolute atomic E-state index is 13.2. The van der Waals surface area contributed by atoms with Gasteiger partial charge in [0.25, 0.3) is 0 Å². The van der Waals surface area contributed by atoms with E-state index >= 15 is 0 Å². The van der Waals surface area contributed by atoms with Crippen molar-refractivity contribution in [3.63, 3.8) is 0 Å². The van der Waals surface area contributed by atoms with Crippen LogP contribution in [0.25, 0.3) is 0 Å². The third-order valence-corrected chi connectivity index (χ3v) is 5.82. The van der Waals surface area contributed by atoms with E-state index in [1.807, 2.05) is 30.3 Å². The van der Waals surface area contributed by atoms with Crippen LogP contribution < -0.4 is 0 Å². The van der Waals surface area contributed by atoms with E-state index in [1.165, 1.54) is 7.11 Å². The zero-order valence-electron chi connectivity index (χ0n) is 19.6. The van der Waals surface area contributed by atoms with E-state index in [0.717, 1.165) is 5.56 Å². The molecular weight excluding hydrogens is 492 g/mol. The molecule has 36 heavy (non-hydrogen) atoms. The molecule has 11 heteroatoms. The highest BCUT2D eigenvalue weighted by atomic mass is 19.4. The largest absolute Gasteiger partial charge is 0.469 e. The van der Waals surface area contributed by atoms with E-state index in [2.05, 4.69) is 9.64 Å². The van der Waals surface area contributed by atoms with Gasteiger partial charge < -0.3 is 14.2 Å². The number of carbonyl (C=O) groups excluding carboxylic acids is 1. The van der Waals surface area contributed by atoms with Gasteiger partial charge in [-0.15, -0.1) is 0 Å². The summed E-state index contributed by atoms with van der Waals surface area (Å²) < 4.78 is 95.5. The van der Waals surface area contributed by atoms with Crippen molar-refractivity contribution >= 4 is 5.97 Å². The molecule has 1 aliphatic heterocycles. The van der Waals surface area contributed by atoms with Gasteiger partial charge in [-0.1, -0.05) is 30.3 Å². The van der Waals surface area contributed by atoms with Gasteiger partial charge in [0.2, 0.25) is 0 Å². The van der Waals surface area contributed by atoms with Gasteiger partial charge in [-0.05, 0) is 48.7 Å². The molecule has 1 fully saturated rings. The van der Waals surface area contributed by atoms with Crippen LogP contribution in [0.1, 0.15) is 47.6 Å². The Hall–Kier alpha value is -2.63. The van der Waals surface area contributed by atoms with Crippen LogP contribution in [0, 0.1) is 0 Å². The van der Waals surface area contributed by atoms with E-state index in [9.17, 15) is 31.1 Å². The zero-order chi connectivity index (χ0) is 26.3. The second-order valence-electron chi connectivity index (χ2n) is 8.39. The Morgan fingerprint density at radius 1 is 1.00 bits per heavy atom. The van der Waals surface area contributed by atoms with E-state index in [-0.39, 0.29) is 30.6 Å². The Kier molecular flexibility index (Phi) is 9.37. The highest BCUT2D eigenvalue weighted by Crippen LogP contribution is 2.37. The minimum absolute atomic E-state index is 0.0867. The smallest absolute Gasteiger partial charge is 0.416 e. The fraction of sp³-hybridized carbons (Fsp3) is 0.480. The van der Waals surface area contributed by atoms with Crippen molar-refractivity contribution in [2.45, 2.75) is 50.6 Å². The number of halogens is 6. The Balaban J connectivity index is 1.78. The van der Waals surface area contributed by atoms with Gasteiger partial charge in [-0.25, -0.2) is 0 Å². The molecule has 3 rings (SSSR count). The minimum Gasteiger partial charge on any atom is -0.469 e. The second kappa shape index (κ2) is 12.1. The van der Waals surface area contributed by atoms with Crippen LogP contribution in [0.3, 0.4) is 0 Å². The predicted octanol–water partition coefficient (Wildman–Crippen LogP) is 5.98. The van der Waals surface area contributed by atoms with E-state index in [1.54, 1.807) is 0 Å². The van der Waals surface area contributed by atoms with Gasteiger partial charge in [0.05, 0.1) is 37.5 Å². The highest BCUT2D eigenvalue weighted by Gasteiger charge is 2.38. The van der Waals surface area contributed by atoms with Crippen LogP contribution in [0.4, 0.5) is 26.3 Å². The average molecular weight is 519 g/mol. The lowest BCUT2D eigenvalue weighted by Crippen LogP contribution is -2.46. The topological polar surface area (TPSA) is 48.0 Å². The maximum atomic E-state index is 13.2. The molecule has 0 amide bonds. The van der Waals surface area contributed by atoms with Gasteiger partial charge in [-0.3, -0.25) is 9.69 Å². The quantitative estimate of drug-likeness (QED) is 0.232. The van der Waals surface area contributed by atoms with Crippen molar-refractivity contribution in [1.29, 1.82) is 0 Å². The summed E-state index contributed by atoms with van der Waals surface area (Å²) in [7, 11) is 1.32. The number of hydrogen-bond donors (Lipinski definition) is 0. The Morgan fingerprint density at radius 3 is 2.22 bits per heavy atom. The van der Waals surface area contributed by atoms with Gasteiger partial charge >= 0.3 is 18.3 Å². The molecule has 198 valence electrons. The molecule has 2 unspecified atom stereocenters. The maximum Gasteiger partial charge on any atom is 0.416 e. The molecular formula is C25H27F6NO4. The highest BCUT2D eigenvalue weighted by molar-refractivity contribution is 5.68. The number of esters is 1. The standard InChI is InChI=1S/C25H27F6NO4/c1-34-21(33)9-5-6-10-32-11-12-35-23(22(32)18-7-3-2-4-8-18)36-16-17-13-19(24(26,27)28)15-20(14-17)25(29,30)31/h2-4,7-8,13-15,22-23H,5-6,9-12,16H2,1H3. The summed E-state index contributed by atoms with van der Waals surface area (Å²) in [6, 6.07) is 10.1. The summed E-state index contributed by atoms with van der Waals surface area (Å²) in [5, 5.41) is 0. The van der Waals surface area contributed by atoms with Crippen molar-refractivity contribution in [3.8, 4) is 0 Å². The lowest BCUT2D eigenvalue weighted by Gasteiger charge is -2.41. The summed E-state index contributed by atoms with van der Waals surface area (Å²) in [6.45, 7) is 0.888. The molecule has 5 nitrogen and oxygen atoms in total. The lowest BCUT2D eigenvalue weighted by molar-refractivity contribution is -0.216. The number of hydrogen-bond acceptors (Lipinski definition) is 5. The number of nitrogens with zero attached hydrogens (tertiary/aromatic N) is 1. The number of alkyl halides is 6. The Bertz CT molecular complexity index is 964. The monoisotopic (exact) mass is 519 g/mol. The van der Waals surface area contributed by atoms with Crippen molar-refractivity contribution in [1.82, 2.24) is 4.90 Å². The predicted molar refractivity (Wildman–Crippen MR) is 118 cm³/mol. The average Bonchev–Trinajstić information content (AvgIpc) is 2.84. The third kappa shape index (κ3) is 7.68. The molecule has 0 spiro atoms. The summed E-state index contributed by atoms with van der Waals surface area (Å²) in [5.74, 6) is -0.308. The molecule has 2 aromatic rings.